The smallest absolute Gasteiger partial charge is 0.256 e. The number of anilines is 3. The van der Waals surface area contributed by atoms with Crippen LogP contribution in [0.15, 0.2) is 42.5 Å². The zero-order valence-electron chi connectivity index (χ0n) is 23.0. The van der Waals surface area contributed by atoms with Gasteiger partial charge in [0.1, 0.15) is 5.75 Å². The second-order valence-corrected chi connectivity index (χ2v) is 11.2. The molecule has 5 rings (SSSR count). The Bertz CT molecular complexity index is 1110. The van der Waals surface area contributed by atoms with Crippen molar-refractivity contribution in [1.82, 2.24) is 4.90 Å². The Morgan fingerprint density at radius 2 is 1.47 bits per heavy atom. The molecule has 2 aliphatic heterocycles. The van der Waals surface area contributed by atoms with Gasteiger partial charge in [0.05, 0.1) is 18.4 Å². The van der Waals surface area contributed by atoms with Gasteiger partial charge in [0.2, 0.25) is 5.91 Å². The summed E-state index contributed by atoms with van der Waals surface area (Å²) in [5.41, 5.74) is 3.50. The number of piperidine rings is 1. The summed E-state index contributed by atoms with van der Waals surface area (Å²) in [6.45, 7) is 7.15. The Balaban J connectivity index is 1.35. The summed E-state index contributed by atoms with van der Waals surface area (Å²) >= 11 is 0. The van der Waals surface area contributed by atoms with Crippen molar-refractivity contribution in [2.45, 2.75) is 51.9 Å². The van der Waals surface area contributed by atoms with Crippen LogP contribution in [0.25, 0.3) is 0 Å². The minimum absolute atomic E-state index is 0.0767. The van der Waals surface area contributed by atoms with E-state index >= 15 is 0 Å². The third-order valence-corrected chi connectivity index (χ3v) is 8.59. The lowest BCUT2D eigenvalue weighted by atomic mass is 9.88. The van der Waals surface area contributed by atoms with Gasteiger partial charge in [-0.2, -0.15) is 0 Å². The number of piperazine rings is 1. The molecule has 2 aromatic carbocycles. The van der Waals surface area contributed by atoms with E-state index in [4.69, 9.17) is 4.74 Å². The molecule has 1 aliphatic carbocycles. The van der Waals surface area contributed by atoms with Crippen LogP contribution in [0, 0.1) is 11.8 Å². The number of carbonyl (C=O) groups excluding carboxylic acids is 2. The van der Waals surface area contributed by atoms with Crippen LogP contribution in [0.2, 0.25) is 0 Å². The second-order valence-electron chi connectivity index (χ2n) is 11.2. The number of benzene rings is 2. The van der Waals surface area contributed by atoms with Crippen LogP contribution in [-0.2, 0) is 4.79 Å². The van der Waals surface area contributed by atoms with Crippen molar-refractivity contribution in [3.8, 4) is 5.75 Å². The average Bonchev–Trinajstić information content (AvgIpc) is 2.97. The van der Waals surface area contributed by atoms with Gasteiger partial charge >= 0.3 is 0 Å². The molecule has 2 amide bonds. The summed E-state index contributed by atoms with van der Waals surface area (Å²) in [5, 5.41) is 3.14. The Hall–Kier alpha value is -3.22. The number of nitrogens with zero attached hydrogens (tertiary/aromatic N) is 3. The van der Waals surface area contributed by atoms with Gasteiger partial charge < -0.3 is 24.8 Å². The van der Waals surface area contributed by atoms with Gasteiger partial charge in [-0.15, -0.1) is 0 Å². The summed E-state index contributed by atoms with van der Waals surface area (Å²) in [6, 6.07) is 14.1. The summed E-state index contributed by atoms with van der Waals surface area (Å²) in [6.07, 6.45) is 7.45. The van der Waals surface area contributed by atoms with E-state index in [0.717, 1.165) is 101 Å². The van der Waals surface area contributed by atoms with Gasteiger partial charge in [0.15, 0.2) is 0 Å². The van der Waals surface area contributed by atoms with Gasteiger partial charge in [-0.1, -0.05) is 38.3 Å². The van der Waals surface area contributed by atoms with Gasteiger partial charge in [-0.3, -0.25) is 9.59 Å². The van der Waals surface area contributed by atoms with E-state index in [9.17, 15) is 9.59 Å². The Kier molecular flexibility index (Phi) is 8.40. The molecule has 3 fully saturated rings. The molecule has 3 aliphatic rings. The van der Waals surface area contributed by atoms with Crippen molar-refractivity contribution in [3.05, 3.63) is 48.0 Å². The molecule has 1 N–H and O–H groups in total. The van der Waals surface area contributed by atoms with Crippen LogP contribution >= 0.6 is 0 Å². The monoisotopic (exact) mass is 518 g/mol. The maximum Gasteiger partial charge on any atom is 0.256 e. The van der Waals surface area contributed by atoms with Gasteiger partial charge in [0, 0.05) is 56.6 Å². The number of likely N-dealkylation sites (tertiary alicyclic amines) is 1. The molecule has 2 aromatic rings. The van der Waals surface area contributed by atoms with E-state index < -0.39 is 0 Å². The fraction of sp³-hybridized carbons (Fsp3) is 0.548. The van der Waals surface area contributed by atoms with Gasteiger partial charge in [0.25, 0.3) is 5.91 Å². The van der Waals surface area contributed by atoms with Crippen LogP contribution < -0.4 is 19.9 Å². The van der Waals surface area contributed by atoms with Crippen LogP contribution in [0.5, 0.6) is 5.75 Å². The first-order valence-electron chi connectivity index (χ1n) is 14.4. The van der Waals surface area contributed by atoms with E-state index in [0.29, 0.717) is 11.5 Å². The predicted molar refractivity (Wildman–Crippen MR) is 153 cm³/mol. The van der Waals surface area contributed by atoms with Crippen LogP contribution in [0.3, 0.4) is 0 Å². The highest BCUT2D eigenvalue weighted by atomic mass is 16.5. The number of para-hydroxylation sites is 2. The second kappa shape index (κ2) is 12.1. The lowest BCUT2D eigenvalue weighted by Crippen LogP contribution is -2.47. The fourth-order valence-electron chi connectivity index (χ4n) is 6.13. The molecule has 38 heavy (non-hydrogen) atoms. The quantitative estimate of drug-likeness (QED) is 0.554. The molecular weight excluding hydrogens is 476 g/mol. The minimum Gasteiger partial charge on any atom is -0.495 e. The number of ether oxygens (including phenoxy) is 1. The maximum absolute atomic E-state index is 13.8. The maximum atomic E-state index is 13.8. The van der Waals surface area contributed by atoms with E-state index in [2.05, 4.69) is 28.1 Å². The van der Waals surface area contributed by atoms with Crippen molar-refractivity contribution >= 4 is 28.9 Å². The lowest BCUT2D eigenvalue weighted by Gasteiger charge is -2.39. The van der Waals surface area contributed by atoms with E-state index in [1.54, 1.807) is 7.11 Å². The highest BCUT2D eigenvalue weighted by molar-refractivity contribution is 6.02. The van der Waals surface area contributed by atoms with E-state index in [1.807, 2.05) is 41.3 Å². The topological polar surface area (TPSA) is 65.1 Å². The highest BCUT2D eigenvalue weighted by Crippen LogP contribution is 2.32. The van der Waals surface area contributed by atoms with Crippen molar-refractivity contribution in [2.24, 2.45) is 11.8 Å². The molecule has 0 radical (unpaired) electrons. The standard InChI is InChI=1S/C31H42N4O3/c1-23-14-16-35(17-15-23)31(37)26-22-25(32-30(36)24-8-4-3-5-9-24)12-13-27(26)33-18-20-34(21-19-33)28-10-6-7-11-29(28)38-2/h6-7,10-13,22-24H,3-5,8-9,14-21H2,1-2H3,(H,32,36). The Labute approximate surface area is 227 Å². The number of amides is 2. The Morgan fingerprint density at radius 3 is 2.16 bits per heavy atom. The van der Waals surface area contributed by atoms with Crippen LogP contribution in [0.1, 0.15) is 62.2 Å². The van der Waals surface area contributed by atoms with Crippen LogP contribution in [0.4, 0.5) is 17.1 Å². The highest BCUT2D eigenvalue weighted by Gasteiger charge is 2.28. The molecule has 2 heterocycles. The molecule has 7 heteroatoms. The third-order valence-electron chi connectivity index (χ3n) is 8.59. The van der Waals surface area contributed by atoms with Crippen molar-refractivity contribution in [3.63, 3.8) is 0 Å². The number of carbonyl (C=O) groups is 2. The molecule has 1 saturated carbocycles. The molecule has 204 valence electrons. The molecule has 0 spiro atoms. The first-order valence-corrected chi connectivity index (χ1v) is 14.4. The number of hydrogen-bond donors (Lipinski definition) is 1. The molecule has 0 aromatic heterocycles. The minimum atomic E-state index is 0.0767. The normalized spacial score (nSPS) is 19.4. The SMILES string of the molecule is COc1ccccc1N1CCN(c2ccc(NC(=O)C3CCCCC3)cc2C(=O)N2CCC(C)CC2)CC1. The first-order chi connectivity index (χ1) is 18.5. The van der Waals surface area contributed by atoms with E-state index in [-0.39, 0.29) is 17.7 Å². The largest absolute Gasteiger partial charge is 0.495 e. The molecule has 0 unspecified atom stereocenters. The number of hydrogen-bond acceptors (Lipinski definition) is 5. The van der Waals surface area contributed by atoms with Crippen molar-refractivity contribution in [1.29, 1.82) is 0 Å². The fourth-order valence-corrected chi connectivity index (χ4v) is 6.13. The summed E-state index contributed by atoms with van der Waals surface area (Å²) in [4.78, 5) is 33.5. The predicted octanol–water partition coefficient (Wildman–Crippen LogP) is 5.41. The third kappa shape index (κ3) is 5.92. The molecule has 2 saturated heterocycles. The van der Waals surface area contributed by atoms with Crippen molar-refractivity contribution < 1.29 is 14.3 Å². The number of methoxy groups -OCH3 is 1. The number of nitrogens with one attached hydrogen (secondary N) is 1. The summed E-state index contributed by atoms with van der Waals surface area (Å²) in [7, 11) is 1.71. The zero-order valence-corrected chi connectivity index (χ0v) is 23.0. The molecular formula is C31H42N4O3. The van der Waals surface area contributed by atoms with E-state index in [1.165, 1.54) is 6.42 Å². The Morgan fingerprint density at radius 1 is 0.816 bits per heavy atom. The molecule has 0 atom stereocenters. The average molecular weight is 519 g/mol. The summed E-state index contributed by atoms with van der Waals surface area (Å²) in [5.74, 6) is 1.78. The zero-order chi connectivity index (χ0) is 26.5. The summed E-state index contributed by atoms with van der Waals surface area (Å²) < 4.78 is 5.58. The lowest BCUT2D eigenvalue weighted by molar-refractivity contribution is -0.120. The first kappa shape index (κ1) is 26.4. The molecule has 7 nitrogen and oxygen atoms in total. The van der Waals surface area contributed by atoms with Crippen LogP contribution in [-0.4, -0.2) is 63.1 Å². The van der Waals surface area contributed by atoms with Gasteiger partial charge in [-0.25, -0.2) is 0 Å². The number of rotatable bonds is 6. The van der Waals surface area contributed by atoms with Gasteiger partial charge in [-0.05, 0) is 61.9 Å². The van der Waals surface area contributed by atoms with Crippen molar-refractivity contribution in [2.75, 3.05) is 61.5 Å². The molecule has 0 bridgehead atoms.